The van der Waals surface area contributed by atoms with Gasteiger partial charge in [0.1, 0.15) is 0 Å². The first-order valence-electron chi connectivity index (χ1n) is 2.98. The fourth-order valence-corrected chi connectivity index (χ4v) is 6.52. The van der Waals surface area contributed by atoms with E-state index < -0.39 is 0 Å². The zero-order valence-electron chi connectivity index (χ0n) is 6.22. The molecule has 9 heavy (non-hydrogen) atoms. The summed E-state index contributed by atoms with van der Waals surface area (Å²) in [4.78, 5) is 0. The van der Waals surface area contributed by atoms with Gasteiger partial charge in [0.05, 0.1) is 8.16 Å². The van der Waals surface area contributed by atoms with Crippen LogP contribution >= 0.6 is 33.3 Å². The maximum atomic E-state index is 2.28. The maximum Gasteiger partial charge on any atom is 0.0672 e. The molecule has 0 bridgehead atoms. The summed E-state index contributed by atoms with van der Waals surface area (Å²) in [5.41, 5.74) is 0. The molecule has 0 spiro atoms. The van der Waals surface area contributed by atoms with Crippen LogP contribution in [0.3, 0.4) is 0 Å². The average molecular weight is 180 g/mol. The Hall–Kier alpha value is 1.05. The topological polar surface area (TPSA) is 0 Å². The van der Waals surface area contributed by atoms with Crippen molar-refractivity contribution in [3.63, 3.8) is 0 Å². The van der Waals surface area contributed by atoms with E-state index in [0.29, 0.717) is 8.16 Å². The van der Waals surface area contributed by atoms with E-state index in [1.54, 1.807) is 0 Å². The van der Waals surface area contributed by atoms with E-state index in [1.165, 1.54) is 0 Å². The first-order valence-corrected chi connectivity index (χ1v) is 5.95. The van der Waals surface area contributed by atoms with Gasteiger partial charge in [-0.15, -0.1) is 11.8 Å². The molecule has 0 aromatic carbocycles. The van der Waals surface area contributed by atoms with E-state index in [4.69, 9.17) is 0 Å². The van der Waals surface area contributed by atoms with Crippen molar-refractivity contribution in [2.24, 2.45) is 0 Å². The molecule has 0 aromatic rings. The Labute approximate surface area is 69.3 Å². The monoisotopic (exact) mass is 180 g/mol. The Bertz CT molecular complexity index is 103. The van der Waals surface area contributed by atoms with Crippen LogP contribution < -0.4 is 0 Å². The second-order valence-corrected chi connectivity index (χ2v) is 9.21. The first kappa shape index (κ1) is 8.15. The lowest BCUT2D eigenvalue weighted by Crippen LogP contribution is -2.09. The molecule has 0 unspecified atom stereocenters. The minimum absolute atomic E-state index is 0.425. The first-order chi connectivity index (χ1) is 3.91. The van der Waals surface area contributed by atoms with Crippen LogP contribution in [0.25, 0.3) is 0 Å². The van der Waals surface area contributed by atoms with Gasteiger partial charge in [-0.2, -0.15) is 0 Å². The summed E-state index contributed by atoms with van der Waals surface area (Å²) in [5, 5.41) is 0. The summed E-state index contributed by atoms with van der Waals surface area (Å²) >= 11 is 2.05. The van der Waals surface area contributed by atoms with Crippen molar-refractivity contribution in [2.45, 2.75) is 35.9 Å². The summed E-state index contributed by atoms with van der Waals surface area (Å²) in [6.45, 7) is 9.13. The highest BCUT2D eigenvalue weighted by Crippen LogP contribution is 2.63. The van der Waals surface area contributed by atoms with Crippen LogP contribution in [-0.2, 0) is 0 Å². The van der Waals surface area contributed by atoms with E-state index in [9.17, 15) is 0 Å². The Morgan fingerprint density at radius 3 is 1.22 bits per heavy atom. The van der Waals surface area contributed by atoms with Crippen molar-refractivity contribution in [3.8, 4) is 0 Å². The number of rotatable bonds is 0. The Morgan fingerprint density at radius 1 is 0.778 bits per heavy atom. The highest BCUT2D eigenvalue weighted by Gasteiger charge is 2.38. The van der Waals surface area contributed by atoms with Crippen molar-refractivity contribution in [1.82, 2.24) is 0 Å². The van der Waals surface area contributed by atoms with Gasteiger partial charge in [-0.25, -0.2) is 0 Å². The largest absolute Gasteiger partial charge is 0.126 e. The molecule has 1 aliphatic heterocycles. The smallest absolute Gasteiger partial charge is 0.0672 e. The second-order valence-electron chi connectivity index (χ2n) is 3.07. The van der Waals surface area contributed by atoms with Crippen molar-refractivity contribution in [3.05, 3.63) is 0 Å². The number of hydrogen-bond acceptors (Lipinski definition) is 3. The van der Waals surface area contributed by atoms with Crippen LogP contribution in [0.2, 0.25) is 0 Å². The molecule has 1 rings (SSSR count). The lowest BCUT2D eigenvalue weighted by Gasteiger charge is -2.17. The van der Waals surface area contributed by atoms with Gasteiger partial charge in [-0.05, 0) is 27.7 Å². The molecule has 0 radical (unpaired) electrons. The second kappa shape index (κ2) is 2.28. The Balaban J connectivity index is 2.58. The van der Waals surface area contributed by atoms with Gasteiger partial charge >= 0.3 is 0 Å². The Morgan fingerprint density at radius 2 is 1.11 bits per heavy atom. The molecular formula is C6H12S3. The number of hydrogen-bond donors (Lipinski definition) is 0. The maximum absolute atomic E-state index is 2.28. The molecule has 3 heteroatoms. The molecule has 0 atom stereocenters. The fraction of sp³-hybridized carbons (Fsp3) is 1.00. The minimum atomic E-state index is 0.425. The predicted molar refractivity (Wildman–Crippen MR) is 50.9 cm³/mol. The molecule has 0 nitrogen and oxygen atoms in total. The van der Waals surface area contributed by atoms with E-state index in [-0.39, 0.29) is 0 Å². The average Bonchev–Trinajstić information content (AvgIpc) is 1.78. The molecule has 0 amide bonds. The SMILES string of the molecule is CC1(C)SSC(C)(C)S1. The Kier molecular flexibility index (Phi) is 2.06. The van der Waals surface area contributed by atoms with Crippen LogP contribution in [0, 0.1) is 0 Å². The fourth-order valence-electron chi connectivity index (χ4n) is 0.827. The summed E-state index contributed by atoms with van der Waals surface area (Å²) in [6, 6.07) is 0. The molecule has 1 aliphatic rings. The van der Waals surface area contributed by atoms with Gasteiger partial charge in [-0.1, -0.05) is 21.6 Å². The van der Waals surface area contributed by atoms with Gasteiger partial charge in [0, 0.05) is 0 Å². The van der Waals surface area contributed by atoms with E-state index >= 15 is 0 Å². The molecule has 1 saturated heterocycles. The summed E-state index contributed by atoms with van der Waals surface area (Å²) in [6.07, 6.45) is 0. The molecule has 54 valence electrons. The molecule has 0 N–H and O–H groups in total. The van der Waals surface area contributed by atoms with Gasteiger partial charge in [-0.3, -0.25) is 0 Å². The quantitative estimate of drug-likeness (QED) is 0.523. The van der Waals surface area contributed by atoms with Crippen LogP contribution in [0.5, 0.6) is 0 Å². The van der Waals surface area contributed by atoms with Gasteiger partial charge < -0.3 is 0 Å². The zero-order chi connectivity index (χ0) is 7.12. The summed E-state index contributed by atoms with van der Waals surface area (Å²) < 4.78 is 0.850. The lowest BCUT2D eigenvalue weighted by atomic mass is 10.5. The van der Waals surface area contributed by atoms with Crippen molar-refractivity contribution >= 4 is 33.3 Å². The third-order valence-electron chi connectivity index (χ3n) is 0.935. The van der Waals surface area contributed by atoms with Crippen LogP contribution in [0.1, 0.15) is 27.7 Å². The van der Waals surface area contributed by atoms with Gasteiger partial charge in [0.15, 0.2) is 0 Å². The van der Waals surface area contributed by atoms with Crippen molar-refractivity contribution < 1.29 is 0 Å². The molecular weight excluding hydrogens is 168 g/mol. The lowest BCUT2D eigenvalue weighted by molar-refractivity contribution is 0.983. The summed E-state index contributed by atoms with van der Waals surface area (Å²) in [7, 11) is 3.97. The van der Waals surface area contributed by atoms with Crippen molar-refractivity contribution in [1.29, 1.82) is 0 Å². The van der Waals surface area contributed by atoms with Crippen LogP contribution in [-0.4, -0.2) is 8.16 Å². The molecule has 0 aliphatic carbocycles. The van der Waals surface area contributed by atoms with E-state index in [1.807, 2.05) is 21.6 Å². The van der Waals surface area contributed by atoms with Crippen LogP contribution in [0.4, 0.5) is 0 Å². The third kappa shape index (κ3) is 2.28. The van der Waals surface area contributed by atoms with Crippen LogP contribution in [0.15, 0.2) is 0 Å². The standard InChI is InChI=1S/C6H12S3/c1-5(2)7-6(3,4)9-8-5/h1-4H3. The predicted octanol–water partition coefficient (Wildman–Crippen LogP) is 3.59. The van der Waals surface area contributed by atoms with E-state index in [0.717, 1.165) is 0 Å². The minimum Gasteiger partial charge on any atom is -0.126 e. The van der Waals surface area contributed by atoms with E-state index in [2.05, 4.69) is 39.5 Å². The van der Waals surface area contributed by atoms with Gasteiger partial charge in [0.25, 0.3) is 0 Å². The third-order valence-corrected chi connectivity index (χ3v) is 7.19. The normalized spacial score (nSPS) is 30.7. The molecule has 1 heterocycles. The van der Waals surface area contributed by atoms with Gasteiger partial charge in [0.2, 0.25) is 0 Å². The highest BCUT2D eigenvalue weighted by atomic mass is 33.1. The molecule has 0 saturated carbocycles. The highest BCUT2D eigenvalue weighted by molar-refractivity contribution is 8.83. The molecule has 1 fully saturated rings. The van der Waals surface area contributed by atoms with Crippen molar-refractivity contribution in [2.75, 3.05) is 0 Å². The molecule has 0 aromatic heterocycles. The zero-order valence-corrected chi connectivity index (χ0v) is 8.67. The number of thioether (sulfide) groups is 1. The summed E-state index contributed by atoms with van der Waals surface area (Å²) in [5.74, 6) is 0.